The second-order valence-electron chi connectivity index (χ2n) is 4.26. The summed E-state index contributed by atoms with van der Waals surface area (Å²) in [5.74, 6) is 0.660. The zero-order chi connectivity index (χ0) is 17.2. The molecule has 0 saturated carbocycles. The van der Waals surface area contributed by atoms with Gasteiger partial charge in [-0.3, -0.25) is 4.79 Å². The summed E-state index contributed by atoms with van der Waals surface area (Å²) in [5, 5.41) is 20.2. The van der Waals surface area contributed by atoms with Crippen molar-refractivity contribution in [2.24, 2.45) is 0 Å². The van der Waals surface area contributed by atoms with E-state index in [2.05, 4.69) is 60.1 Å². The van der Waals surface area contributed by atoms with Crippen LogP contribution >= 0.6 is 31.9 Å². The van der Waals surface area contributed by atoms with Crippen LogP contribution in [0.2, 0.25) is 0 Å². The molecule has 0 aromatic carbocycles. The van der Waals surface area contributed by atoms with E-state index in [1.807, 2.05) is 0 Å². The summed E-state index contributed by atoms with van der Waals surface area (Å²) in [6.45, 7) is 2.90. The Morgan fingerprint density at radius 2 is 1.87 bits per heavy atom. The number of rotatable bonds is 3. The topological polar surface area (TPSA) is 105 Å². The van der Waals surface area contributed by atoms with E-state index in [9.17, 15) is 4.79 Å². The van der Waals surface area contributed by atoms with Crippen molar-refractivity contribution in [2.45, 2.75) is 13.3 Å². The van der Waals surface area contributed by atoms with Gasteiger partial charge in [-0.05, 0) is 50.4 Å². The Labute approximate surface area is 150 Å². The molecule has 0 aliphatic heterocycles. The van der Waals surface area contributed by atoms with E-state index in [1.54, 1.807) is 18.3 Å². The molecule has 118 valence electrons. The van der Waals surface area contributed by atoms with Gasteiger partial charge in [0.15, 0.2) is 0 Å². The Balaban J connectivity index is 0.000000238. The number of nitrogens with zero attached hydrogens (tertiary/aromatic N) is 3. The molecule has 2 heterocycles. The highest BCUT2D eigenvalue weighted by atomic mass is 79.9. The van der Waals surface area contributed by atoms with Crippen LogP contribution in [0.1, 0.15) is 24.5 Å². The largest absolute Gasteiger partial charge is 0.369 e. The molecule has 0 spiro atoms. The third-order valence-electron chi connectivity index (χ3n) is 2.51. The summed E-state index contributed by atoms with van der Waals surface area (Å²) >= 11 is 6.38. The molecule has 2 aromatic rings. The summed E-state index contributed by atoms with van der Waals surface area (Å²) in [6.07, 6.45) is 4.19. The highest BCUT2D eigenvalue weighted by Crippen LogP contribution is 2.16. The first-order chi connectivity index (χ1) is 11.0. The highest BCUT2D eigenvalue weighted by molar-refractivity contribution is 9.10. The normalized spacial score (nSPS) is 9.09. The molecule has 6 nitrogen and oxygen atoms in total. The van der Waals surface area contributed by atoms with Crippen LogP contribution in [-0.4, -0.2) is 16.5 Å². The fourth-order valence-electron chi connectivity index (χ4n) is 1.45. The number of anilines is 1. The summed E-state index contributed by atoms with van der Waals surface area (Å²) in [7, 11) is 0. The number of pyridine rings is 2. The number of H-pyrrole nitrogens is 1. The lowest BCUT2D eigenvalue weighted by atomic mass is 10.3. The van der Waals surface area contributed by atoms with Gasteiger partial charge in [0.1, 0.15) is 23.5 Å². The van der Waals surface area contributed by atoms with Crippen molar-refractivity contribution in [1.29, 1.82) is 10.5 Å². The Morgan fingerprint density at radius 3 is 2.43 bits per heavy atom. The minimum absolute atomic E-state index is 0.120. The predicted molar refractivity (Wildman–Crippen MR) is 94.9 cm³/mol. The molecule has 0 atom stereocenters. The van der Waals surface area contributed by atoms with E-state index in [1.165, 1.54) is 12.3 Å². The van der Waals surface area contributed by atoms with Crippen molar-refractivity contribution in [3.8, 4) is 12.1 Å². The van der Waals surface area contributed by atoms with Crippen LogP contribution in [-0.2, 0) is 0 Å². The van der Waals surface area contributed by atoms with E-state index >= 15 is 0 Å². The molecule has 2 aromatic heterocycles. The third-order valence-corrected chi connectivity index (χ3v) is 3.40. The van der Waals surface area contributed by atoms with Gasteiger partial charge < -0.3 is 10.3 Å². The first-order valence-electron chi connectivity index (χ1n) is 6.59. The van der Waals surface area contributed by atoms with Gasteiger partial charge in [-0.25, -0.2) is 4.98 Å². The van der Waals surface area contributed by atoms with Crippen molar-refractivity contribution < 1.29 is 0 Å². The zero-order valence-corrected chi connectivity index (χ0v) is 15.4. The standard InChI is InChI=1S/C9H10BrN3.C6H3BrN2O/c1-2-3-12-9-7(5-11)4-8(10)6-13-9;7-5-1-4(2-8)6(10)9-3-5/h4,6H,2-3H2,1H3,(H,12,13);1,3H,(H,9,10). The molecule has 0 unspecified atom stereocenters. The maximum atomic E-state index is 10.7. The number of hydrogen-bond acceptors (Lipinski definition) is 5. The molecule has 0 aliphatic carbocycles. The molecule has 2 rings (SSSR count). The first-order valence-corrected chi connectivity index (χ1v) is 8.18. The quantitative estimate of drug-likeness (QED) is 0.762. The second-order valence-corrected chi connectivity index (χ2v) is 6.09. The van der Waals surface area contributed by atoms with Crippen LogP contribution < -0.4 is 10.9 Å². The Hall–Kier alpha value is -2.16. The molecule has 0 aliphatic rings. The van der Waals surface area contributed by atoms with Crippen LogP contribution in [0.15, 0.2) is 38.3 Å². The molecule has 23 heavy (non-hydrogen) atoms. The zero-order valence-electron chi connectivity index (χ0n) is 12.2. The van der Waals surface area contributed by atoms with Gasteiger partial charge >= 0.3 is 0 Å². The van der Waals surface area contributed by atoms with Crippen LogP contribution in [0.3, 0.4) is 0 Å². The molecule has 8 heteroatoms. The van der Waals surface area contributed by atoms with Gasteiger partial charge in [-0.1, -0.05) is 6.92 Å². The first kappa shape index (κ1) is 18.9. The van der Waals surface area contributed by atoms with Gasteiger partial charge in [0.25, 0.3) is 5.56 Å². The molecular formula is C15H13Br2N5O. The minimum atomic E-state index is -0.356. The smallest absolute Gasteiger partial charge is 0.265 e. The van der Waals surface area contributed by atoms with Crippen LogP contribution in [0.5, 0.6) is 0 Å². The lowest BCUT2D eigenvalue weighted by molar-refractivity contribution is 0.967. The molecule has 0 amide bonds. The van der Waals surface area contributed by atoms with Crippen LogP contribution in [0, 0.1) is 22.7 Å². The Morgan fingerprint density at radius 1 is 1.22 bits per heavy atom. The number of halogens is 2. The fraction of sp³-hybridized carbons (Fsp3) is 0.200. The van der Waals surface area contributed by atoms with Crippen molar-refractivity contribution in [2.75, 3.05) is 11.9 Å². The minimum Gasteiger partial charge on any atom is -0.369 e. The van der Waals surface area contributed by atoms with Crippen molar-refractivity contribution in [1.82, 2.24) is 9.97 Å². The Bertz CT molecular complexity index is 805. The van der Waals surface area contributed by atoms with E-state index in [-0.39, 0.29) is 11.1 Å². The van der Waals surface area contributed by atoms with Gasteiger partial charge in [0, 0.05) is 27.9 Å². The monoisotopic (exact) mass is 437 g/mol. The fourth-order valence-corrected chi connectivity index (χ4v) is 2.12. The third kappa shape index (κ3) is 6.23. The summed E-state index contributed by atoms with van der Waals surface area (Å²) in [4.78, 5) is 17.2. The molecule has 0 fully saturated rings. The number of nitrogens with one attached hydrogen (secondary N) is 2. The van der Waals surface area contributed by atoms with E-state index < -0.39 is 0 Å². The predicted octanol–water partition coefficient (Wildman–Crippen LogP) is 3.55. The summed E-state index contributed by atoms with van der Waals surface area (Å²) in [5.41, 5.74) is 0.336. The number of hydrogen-bond donors (Lipinski definition) is 2. The van der Waals surface area contributed by atoms with Gasteiger partial charge in [-0.15, -0.1) is 0 Å². The molecule has 0 bridgehead atoms. The lowest BCUT2D eigenvalue weighted by Crippen LogP contribution is -2.07. The second kappa shape index (κ2) is 9.78. The maximum absolute atomic E-state index is 10.7. The number of aromatic amines is 1. The summed E-state index contributed by atoms with van der Waals surface area (Å²) in [6, 6.07) is 7.08. The molecular weight excluding hydrogens is 426 g/mol. The van der Waals surface area contributed by atoms with Crippen LogP contribution in [0.25, 0.3) is 0 Å². The maximum Gasteiger partial charge on any atom is 0.265 e. The lowest BCUT2D eigenvalue weighted by Gasteiger charge is -2.04. The van der Waals surface area contributed by atoms with E-state index in [0.29, 0.717) is 15.9 Å². The molecule has 0 radical (unpaired) electrons. The summed E-state index contributed by atoms with van der Waals surface area (Å²) < 4.78 is 1.52. The number of nitriles is 2. The van der Waals surface area contributed by atoms with E-state index in [0.717, 1.165) is 17.4 Å². The highest BCUT2D eigenvalue weighted by Gasteiger charge is 2.02. The van der Waals surface area contributed by atoms with Crippen LogP contribution in [0.4, 0.5) is 5.82 Å². The Kier molecular flexibility index (Phi) is 8.03. The van der Waals surface area contributed by atoms with Gasteiger partial charge in [0.2, 0.25) is 0 Å². The average Bonchev–Trinajstić information content (AvgIpc) is 2.56. The van der Waals surface area contributed by atoms with E-state index in [4.69, 9.17) is 10.5 Å². The van der Waals surface area contributed by atoms with Crippen molar-refractivity contribution >= 4 is 37.7 Å². The molecule has 0 saturated heterocycles. The average molecular weight is 439 g/mol. The van der Waals surface area contributed by atoms with Crippen molar-refractivity contribution in [3.63, 3.8) is 0 Å². The van der Waals surface area contributed by atoms with Gasteiger partial charge in [-0.2, -0.15) is 10.5 Å². The van der Waals surface area contributed by atoms with Gasteiger partial charge in [0.05, 0.1) is 5.56 Å². The number of aromatic nitrogens is 2. The SMILES string of the molecule is CCCNc1ncc(Br)cc1C#N.N#Cc1cc(Br)c[nH]c1=O. The van der Waals surface area contributed by atoms with Crippen molar-refractivity contribution in [3.05, 3.63) is 55.0 Å². The molecule has 2 N–H and O–H groups in total.